The molecular formula is C20H28O. The van der Waals surface area contributed by atoms with Crippen LogP contribution in [0.5, 0.6) is 5.75 Å². The largest absolute Gasteiger partial charge is 0.507 e. The fourth-order valence-corrected chi connectivity index (χ4v) is 5.87. The van der Waals surface area contributed by atoms with Gasteiger partial charge in [0.2, 0.25) is 0 Å². The maximum absolute atomic E-state index is 10.9. The van der Waals surface area contributed by atoms with E-state index in [1.165, 1.54) is 37.7 Å². The van der Waals surface area contributed by atoms with Gasteiger partial charge in [-0.05, 0) is 78.2 Å². The second kappa shape index (κ2) is 4.51. The van der Waals surface area contributed by atoms with E-state index in [0.717, 1.165) is 29.2 Å². The summed E-state index contributed by atoms with van der Waals surface area (Å²) in [6.07, 6.45) is 7.15. The number of phenolic OH excluding ortho intramolecular Hbond substituents is 1. The van der Waals surface area contributed by atoms with Crippen molar-refractivity contribution in [3.05, 3.63) is 29.3 Å². The number of para-hydroxylation sites is 1. The zero-order chi connectivity index (χ0) is 14.8. The van der Waals surface area contributed by atoms with Gasteiger partial charge in [0.1, 0.15) is 5.75 Å². The Morgan fingerprint density at radius 3 is 2.00 bits per heavy atom. The van der Waals surface area contributed by atoms with E-state index >= 15 is 0 Å². The van der Waals surface area contributed by atoms with Crippen molar-refractivity contribution in [2.24, 2.45) is 23.7 Å². The Kier molecular flexibility index (Phi) is 2.93. The van der Waals surface area contributed by atoms with Crippen LogP contribution in [-0.2, 0) is 5.41 Å². The van der Waals surface area contributed by atoms with Crippen LogP contribution >= 0.6 is 0 Å². The summed E-state index contributed by atoms with van der Waals surface area (Å²) in [5.41, 5.74) is 2.40. The Morgan fingerprint density at radius 2 is 1.48 bits per heavy atom. The van der Waals surface area contributed by atoms with Crippen LogP contribution in [0.25, 0.3) is 0 Å². The van der Waals surface area contributed by atoms with E-state index in [4.69, 9.17) is 0 Å². The van der Waals surface area contributed by atoms with Gasteiger partial charge in [0.25, 0.3) is 0 Å². The highest BCUT2D eigenvalue weighted by atomic mass is 16.3. The molecule has 1 nitrogen and oxygen atoms in total. The lowest BCUT2D eigenvalue weighted by atomic mass is 9.50. The van der Waals surface area contributed by atoms with Crippen molar-refractivity contribution < 1.29 is 5.11 Å². The number of hydrogen-bond donors (Lipinski definition) is 1. The van der Waals surface area contributed by atoms with Crippen molar-refractivity contribution in [2.75, 3.05) is 0 Å². The van der Waals surface area contributed by atoms with Crippen LogP contribution in [-0.4, -0.2) is 5.11 Å². The molecule has 114 valence electrons. The maximum atomic E-state index is 10.9. The minimum Gasteiger partial charge on any atom is -0.507 e. The Balaban J connectivity index is 1.74. The van der Waals surface area contributed by atoms with E-state index in [1.807, 2.05) is 0 Å². The first-order chi connectivity index (χ1) is 9.93. The monoisotopic (exact) mass is 284 g/mol. The van der Waals surface area contributed by atoms with Gasteiger partial charge in [0, 0.05) is 0 Å². The normalized spacial score (nSPS) is 38.0. The molecule has 0 aromatic heterocycles. The topological polar surface area (TPSA) is 20.2 Å². The average molecular weight is 284 g/mol. The average Bonchev–Trinajstić information content (AvgIpc) is 2.37. The minimum absolute atomic E-state index is 0.0199. The van der Waals surface area contributed by atoms with Gasteiger partial charge in [-0.25, -0.2) is 0 Å². The Bertz CT molecular complexity index is 523. The van der Waals surface area contributed by atoms with E-state index < -0.39 is 0 Å². The lowest BCUT2D eigenvalue weighted by Crippen LogP contribution is -2.43. The molecule has 21 heavy (non-hydrogen) atoms. The van der Waals surface area contributed by atoms with Crippen LogP contribution in [0.15, 0.2) is 18.2 Å². The molecule has 0 unspecified atom stereocenters. The smallest absolute Gasteiger partial charge is 0.122 e. The first-order valence-electron chi connectivity index (χ1n) is 8.76. The molecule has 1 aromatic carbocycles. The van der Waals surface area contributed by atoms with Crippen LogP contribution < -0.4 is 0 Å². The van der Waals surface area contributed by atoms with E-state index in [0.29, 0.717) is 11.7 Å². The number of phenols is 1. The van der Waals surface area contributed by atoms with Crippen molar-refractivity contribution in [1.29, 1.82) is 0 Å². The third-order valence-electron chi connectivity index (χ3n) is 6.46. The molecule has 0 heterocycles. The lowest BCUT2D eigenvalue weighted by Gasteiger charge is -2.54. The van der Waals surface area contributed by atoms with Crippen molar-refractivity contribution >= 4 is 0 Å². The van der Waals surface area contributed by atoms with Gasteiger partial charge in [0.15, 0.2) is 0 Å². The molecule has 0 amide bonds. The van der Waals surface area contributed by atoms with Gasteiger partial charge in [0.05, 0.1) is 0 Å². The second-order valence-electron chi connectivity index (χ2n) is 8.95. The molecule has 0 spiro atoms. The first kappa shape index (κ1) is 13.7. The second-order valence-corrected chi connectivity index (χ2v) is 8.95. The molecule has 4 saturated carbocycles. The Hall–Kier alpha value is -0.980. The van der Waals surface area contributed by atoms with E-state index in [-0.39, 0.29) is 5.41 Å². The molecule has 0 radical (unpaired) electrons. The van der Waals surface area contributed by atoms with Gasteiger partial charge in [-0.15, -0.1) is 0 Å². The van der Waals surface area contributed by atoms with Crippen LogP contribution in [0.2, 0.25) is 0 Å². The number of hydrogen-bond acceptors (Lipinski definition) is 1. The van der Waals surface area contributed by atoms with Gasteiger partial charge in [-0.2, -0.15) is 0 Å². The molecular weight excluding hydrogens is 256 g/mol. The van der Waals surface area contributed by atoms with Crippen LogP contribution in [0.3, 0.4) is 0 Å². The van der Waals surface area contributed by atoms with E-state index in [2.05, 4.69) is 39.0 Å². The fraction of sp³-hybridized carbons (Fsp3) is 0.700. The van der Waals surface area contributed by atoms with Crippen LogP contribution in [0.4, 0.5) is 0 Å². The highest BCUT2D eigenvalue weighted by Gasteiger charge is 2.49. The predicted molar refractivity (Wildman–Crippen MR) is 86.6 cm³/mol. The molecule has 4 fully saturated rings. The zero-order valence-corrected chi connectivity index (χ0v) is 13.6. The fourth-order valence-electron chi connectivity index (χ4n) is 5.87. The number of rotatable bonds is 1. The van der Waals surface area contributed by atoms with Gasteiger partial charge in [-0.3, -0.25) is 0 Å². The summed E-state index contributed by atoms with van der Waals surface area (Å²) in [6, 6.07) is 6.48. The quantitative estimate of drug-likeness (QED) is 0.748. The number of aromatic hydroxyl groups is 1. The first-order valence-corrected chi connectivity index (χ1v) is 8.76. The van der Waals surface area contributed by atoms with Crippen LogP contribution in [0, 0.1) is 23.7 Å². The molecule has 0 saturated heterocycles. The molecule has 4 aliphatic carbocycles. The number of benzene rings is 1. The summed E-state index contributed by atoms with van der Waals surface area (Å²) in [5, 5.41) is 10.9. The highest BCUT2D eigenvalue weighted by Crippen LogP contribution is 2.61. The van der Waals surface area contributed by atoms with Crippen LogP contribution in [0.1, 0.15) is 69.9 Å². The van der Waals surface area contributed by atoms with Crippen molar-refractivity contribution in [3.8, 4) is 5.75 Å². The Morgan fingerprint density at radius 1 is 0.905 bits per heavy atom. The lowest BCUT2D eigenvalue weighted by molar-refractivity contribution is -0.00353. The molecule has 0 atom stereocenters. The molecule has 1 N–H and O–H groups in total. The van der Waals surface area contributed by atoms with Crippen molar-refractivity contribution in [3.63, 3.8) is 0 Å². The van der Waals surface area contributed by atoms with E-state index in [9.17, 15) is 5.11 Å². The summed E-state index contributed by atoms with van der Waals surface area (Å²) in [7, 11) is 0. The molecule has 0 aliphatic heterocycles. The summed E-state index contributed by atoms with van der Waals surface area (Å²) < 4.78 is 0. The standard InChI is InChI=1S/C20H28O/c1-20(2,3)17-6-4-5-16(19(17)21)18-14-8-12-7-13(10-14)11-15(18)9-12/h4-6,12-15,18,21H,7-11H2,1-3H3. The van der Waals surface area contributed by atoms with E-state index in [1.54, 1.807) is 0 Å². The van der Waals surface area contributed by atoms with Crippen molar-refractivity contribution in [2.45, 2.75) is 64.2 Å². The zero-order valence-electron chi connectivity index (χ0n) is 13.6. The molecule has 5 rings (SSSR count). The van der Waals surface area contributed by atoms with Gasteiger partial charge >= 0.3 is 0 Å². The third kappa shape index (κ3) is 2.12. The molecule has 4 bridgehead atoms. The Labute approximate surface area is 128 Å². The minimum atomic E-state index is 0.0199. The van der Waals surface area contributed by atoms with Gasteiger partial charge in [-0.1, -0.05) is 39.0 Å². The van der Waals surface area contributed by atoms with Crippen molar-refractivity contribution in [1.82, 2.24) is 0 Å². The predicted octanol–water partition coefficient (Wildman–Crippen LogP) is 5.23. The maximum Gasteiger partial charge on any atom is 0.122 e. The third-order valence-corrected chi connectivity index (χ3v) is 6.46. The molecule has 1 aromatic rings. The molecule has 4 aliphatic rings. The molecule has 1 heteroatoms. The highest BCUT2D eigenvalue weighted by molar-refractivity contribution is 5.46. The summed E-state index contributed by atoms with van der Waals surface area (Å²) >= 11 is 0. The SMILES string of the molecule is CC(C)(C)c1cccc(C2C3CC4CC(C3)CC2C4)c1O. The van der Waals surface area contributed by atoms with Gasteiger partial charge < -0.3 is 5.11 Å². The summed E-state index contributed by atoms with van der Waals surface area (Å²) in [5.74, 6) is 4.89. The summed E-state index contributed by atoms with van der Waals surface area (Å²) in [6.45, 7) is 6.59. The summed E-state index contributed by atoms with van der Waals surface area (Å²) in [4.78, 5) is 0.